The number of fused-ring (bicyclic) bond motifs is 1. The zero-order valence-electron chi connectivity index (χ0n) is 7.42. The number of carbonyl (C=O) groups excluding carboxylic acids is 1. The number of aryl methyl sites for hydroxylation is 2. The van der Waals surface area contributed by atoms with E-state index in [1.165, 1.54) is 0 Å². The van der Waals surface area contributed by atoms with Crippen molar-refractivity contribution < 1.29 is 4.79 Å². The van der Waals surface area contributed by atoms with Gasteiger partial charge in [0.2, 0.25) is 0 Å². The van der Waals surface area contributed by atoms with E-state index in [2.05, 4.69) is 9.55 Å². The molecule has 0 amide bonds. The van der Waals surface area contributed by atoms with Gasteiger partial charge in [0.1, 0.15) is 11.5 Å². The van der Waals surface area contributed by atoms with Crippen LogP contribution in [0.4, 0.5) is 0 Å². The summed E-state index contributed by atoms with van der Waals surface area (Å²) in [5.41, 5.74) is 1.69. The van der Waals surface area contributed by atoms with Crippen molar-refractivity contribution >= 4 is 5.78 Å². The Bertz CT molecular complexity index is 339. The van der Waals surface area contributed by atoms with Gasteiger partial charge in [-0.1, -0.05) is 0 Å². The van der Waals surface area contributed by atoms with Crippen LogP contribution < -0.4 is 0 Å². The van der Waals surface area contributed by atoms with E-state index in [0.717, 1.165) is 36.6 Å². The minimum absolute atomic E-state index is 0.133. The maximum atomic E-state index is 11.2. The average Bonchev–Trinajstić information content (AvgIpc) is 2.44. The van der Waals surface area contributed by atoms with E-state index in [4.69, 9.17) is 0 Å². The van der Waals surface area contributed by atoms with Crippen LogP contribution in [0.15, 0.2) is 0 Å². The van der Waals surface area contributed by atoms with Crippen molar-refractivity contribution in [1.29, 1.82) is 0 Å². The fourth-order valence-corrected chi connectivity index (χ4v) is 1.90. The summed E-state index contributed by atoms with van der Waals surface area (Å²) in [5.74, 6) is 1.21. The summed E-state index contributed by atoms with van der Waals surface area (Å²) in [5, 5.41) is 0. The lowest BCUT2D eigenvalue weighted by Crippen LogP contribution is -2.05. The molecule has 0 unspecified atom stereocenters. The minimum Gasteiger partial charge on any atom is -0.325 e. The van der Waals surface area contributed by atoms with Crippen molar-refractivity contribution in [2.24, 2.45) is 0 Å². The summed E-state index contributed by atoms with van der Waals surface area (Å²) >= 11 is 0. The molecule has 0 spiro atoms. The highest BCUT2D eigenvalue weighted by Gasteiger charge is 2.20. The Hall–Kier alpha value is -1.12. The molecule has 1 aliphatic heterocycles. The Labute approximate surface area is 71.4 Å². The molecule has 0 aromatic carbocycles. The largest absolute Gasteiger partial charge is 0.325 e. The molecule has 3 nitrogen and oxygen atoms in total. The monoisotopic (exact) mass is 164 g/mol. The molecule has 1 aromatic heterocycles. The van der Waals surface area contributed by atoms with E-state index in [1.54, 1.807) is 6.92 Å². The van der Waals surface area contributed by atoms with Crippen LogP contribution in [-0.4, -0.2) is 15.3 Å². The van der Waals surface area contributed by atoms with Crippen molar-refractivity contribution in [1.82, 2.24) is 9.55 Å². The Balaban J connectivity index is 2.59. The van der Waals surface area contributed by atoms with Crippen LogP contribution in [0.1, 0.15) is 35.4 Å². The highest BCUT2D eigenvalue weighted by molar-refractivity contribution is 5.93. The van der Waals surface area contributed by atoms with Gasteiger partial charge < -0.3 is 4.57 Å². The molecule has 1 aliphatic rings. The van der Waals surface area contributed by atoms with E-state index >= 15 is 0 Å². The molecule has 0 radical (unpaired) electrons. The van der Waals surface area contributed by atoms with Crippen molar-refractivity contribution in [2.75, 3.05) is 0 Å². The lowest BCUT2D eigenvalue weighted by molar-refractivity contribution is 0.100. The Morgan fingerprint density at radius 1 is 1.58 bits per heavy atom. The molecular formula is C9H12N2O. The van der Waals surface area contributed by atoms with Gasteiger partial charge in [0.15, 0.2) is 5.78 Å². The van der Waals surface area contributed by atoms with Gasteiger partial charge in [-0.2, -0.15) is 0 Å². The lowest BCUT2D eigenvalue weighted by Gasteiger charge is -2.00. The maximum Gasteiger partial charge on any atom is 0.178 e. The third kappa shape index (κ3) is 0.891. The average molecular weight is 164 g/mol. The number of hydrogen-bond acceptors (Lipinski definition) is 2. The van der Waals surface area contributed by atoms with E-state index < -0.39 is 0 Å². The van der Waals surface area contributed by atoms with Crippen LogP contribution in [0.5, 0.6) is 0 Å². The number of ketones is 1. The van der Waals surface area contributed by atoms with E-state index in [1.807, 2.05) is 6.92 Å². The number of carbonyl (C=O) groups is 1. The molecule has 0 bridgehead atoms. The van der Waals surface area contributed by atoms with Gasteiger partial charge in [-0.05, 0) is 13.3 Å². The number of imidazole rings is 1. The first-order valence-corrected chi connectivity index (χ1v) is 4.27. The maximum absolute atomic E-state index is 11.2. The SMILES string of the molecule is CC(=O)c1c(C)nc2n1CCC2. The smallest absolute Gasteiger partial charge is 0.178 e. The molecule has 1 aromatic rings. The van der Waals surface area contributed by atoms with Crippen LogP contribution in [0.3, 0.4) is 0 Å². The summed E-state index contributed by atoms with van der Waals surface area (Å²) in [6.07, 6.45) is 2.15. The molecule has 2 heterocycles. The van der Waals surface area contributed by atoms with Crippen molar-refractivity contribution in [3.63, 3.8) is 0 Å². The molecule has 64 valence electrons. The fourth-order valence-electron chi connectivity index (χ4n) is 1.90. The summed E-state index contributed by atoms with van der Waals surface area (Å²) < 4.78 is 2.05. The number of Topliss-reactive ketones (excluding diaryl/α,β-unsaturated/α-hetero) is 1. The first kappa shape index (κ1) is 7.53. The van der Waals surface area contributed by atoms with Crippen LogP contribution in [0, 0.1) is 6.92 Å². The van der Waals surface area contributed by atoms with Crippen molar-refractivity contribution in [3.8, 4) is 0 Å². The Kier molecular flexibility index (Phi) is 1.53. The van der Waals surface area contributed by atoms with Gasteiger partial charge in [0.05, 0.1) is 5.69 Å². The van der Waals surface area contributed by atoms with Crippen LogP contribution in [-0.2, 0) is 13.0 Å². The van der Waals surface area contributed by atoms with E-state index in [-0.39, 0.29) is 5.78 Å². The Morgan fingerprint density at radius 3 is 3.00 bits per heavy atom. The third-order valence-electron chi connectivity index (χ3n) is 2.34. The van der Waals surface area contributed by atoms with Gasteiger partial charge in [0, 0.05) is 19.9 Å². The fraction of sp³-hybridized carbons (Fsp3) is 0.556. The molecule has 0 saturated carbocycles. The minimum atomic E-state index is 0.133. The lowest BCUT2D eigenvalue weighted by atomic mass is 10.2. The molecule has 12 heavy (non-hydrogen) atoms. The topological polar surface area (TPSA) is 34.9 Å². The van der Waals surface area contributed by atoms with Gasteiger partial charge in [-0.15, -0.1) is 0 Å². The Morgan fingerprint density at radius 2 is 2.33 bits per heavy atom. The highest BCUT2D eigenvalue weighted by atomic mass is 16.1. The molecule has 0 atom stereocenters. The number of rotatable bonds is 1. The van der Waals surface area contributed by atoms with Crippen LogP contribution in [0.25, 0.3) is 0 Å². The summed E-state index contributed by atoms with van der Waals surface area (Å²) in [6, 6.07) is 0. The van der Waals surface area contributed by atoms with Gasteiger partial charge in [0.25, 0.3) is 0 Å². The zero-order valence-corrected chi connectivity index (χ0v) is 7.42. The van der Waals surface area contributed by atoms with Gasteiger partial charge in [-0.3, -0.25) is 4.79 Å². The molecular weight excluding hydrogens is 152 g/mol. The predicted molar refractivity (Wildman–Crippen MR) is 45.3 cm³/mol. The number of nitrogens with zero attached hydrogens (tertiary/aromatic N) is 2. The molecule has 0 aliphatic carbocycles. The first-order chi connectivity index (χ1) is 5.70. The molecule has 2 rings (SSSR count). The summed E-state index contributed by atoms with van der Waals surface area (Å²) in [6.45, 7) is 4.47. The molecule has 0 fully saturated rings. The second kappa shape index (κ2) is 2.44. The molecule has 3 heteroatoms. The van der Waals surface area contributed by atoms with Crippen molar-refractivity contribution in [3.05, 3.63) is 17.2 Å². The number of aromatic nitrogens is 2. The van der Waals surface area contributed by atoms with Crippen LogP contribution in [0.2, 0.25) is 0 Å². The van der Waals surface area contributed by atoms with Gasteiger partial charge in [-0.25, -0.2) is 4.98 Å². The third-order valence-corrected chi connectivity index (χ3v) is 2.34. The highest BCUT2D eigenvalue weighted by Crippen LogP contribution is 2.19. The quantitative estimate of drug-likeness (QED) is 0.587. The summed E-state index contributed by atoms with van der Waals surface area (Å²) in [4.78, 5) is 15.6. The molecule has 0 saturated heterocycles. The second-order valence-electron chi connectivity index (χ2n) is 3.27. The van der Waals surface area contributed by atoms with Gasteiger partial charge >= 0.3 is 0 Å². The first-order valence-electron chi connectivity index (χ1n) is 4.27. The van der Waals surface area contributed by atoms with Crippen LogP contribution >= 0.6 is 0 Å². The normalized spacial score (nSPS) is 14.8. The predicted octanol–water partition coefficient (Wildman–Crippen LogP) is 1.34. The van der Waals surface area contributed by atoms with Crippen molar-refractivity contribution in [2.45, 2.75) is 33.2 Å². The number of hydrogen-bond donors (Lipinski definition) is 0. The second-order valence-corrected chi connectivity index (χ2v) is 3.27. The summed E-state index contributed by atoms with van der Waals surface area (Å²) in [7, 11) is 0. The van der Waals surface area contributed by atoms with E-state index in [9.17, 15) is 4.79 Å². The zero-order chi connectivity index (χ0) is 8.72. The molecule has 0 N–H and O–H groups in total. The standard InChI is InChI=1S/C9H12N2O/c1-6-9(7(2)12)11-5-3-4-8(11)10-6/h3-5H2,1-2H3. The van der Waals surface area contributed by atoms with E-state index in [0.29, 0.717) is 0 Å².